The zero-order valence-electron chi connectivity index (χ0n) is 13.0. The molecule has 1 unspecified atom stereocenters. The van der Waals surface area contributed by atoms with E-state index in [0.717, 1.165) is 32.5 Å². The summed E-state index contributed by atoms with van der Waals surface area (Å²) in [5.41, 5.74) is 1.27. The van der Waals surface area contributed by atoms with Crippen molar-refractivity contribution in [2.75, 3.05) is 25.0 Å². The molecule has 1 aliphatic heterocycles. The number of aromatic nitrogens is 2. The zero-order chi connectivity index (χ0) is 16.2. The van der Waals surface area contributed by atoms with Crippen molar-refractivity contribution in [3.63, 3.8) is 0 Å². The Bertz CT molecular complexity index is 620. The molecule has 0 spiro atoms. The first-order valence-electron chi connectivity index (χ1n) is 7.74. The van der Waals surface area contributed by atoms with Gasteiger partial charge in [0.15, 0.2) is 0 Å². The Morgan fingerprint density at radius 2 is 2.09 bits per heavy atom. The van der Waals surface area contributed by atoms with Gasteiger partial charge in [0.05, 0.1) is 0 Å². The smallest absolute Gasteiger partial charge is 0.318 e. The summed E-state index contributed by atoms with van der Waals surface area (Å²) in [6, 6.07) is 10.6. The van der Waals surface area contributed by atoms with Crippen molar-refractivity contribution in [1.82, 2.24) is 15.1 Å². The average molecular weight is 322 g/mol. The normalized spacial score (nSPS) is 19.2. The standard InChI is InChI=1S/C16H20F2N4O/c1-21(16-20-19-15(23-16)14(17)18)13-8-5-9-22(11-13)10-12-6-3-2-4-7-12/h2-4,6-7,13-14H,5,8-11H2,1H3. The maximum atomic E-state index is 12.6. The van der Waals surface area contributed by atoms with E-state index in [2.05, 4.69) is 27.2 Å². The van der Waals surface area contributed by atoms with Crippen LogP contribution in [0.25, 0.3) is 0 Å². The van der Waals surface area contributed by atoms with Crippen molar-refractivity contribution in [2.24, 2.45) is 0 Å². The molecule has 1 aliphatic rings. The van der Waals surface area contributed by atoms with Gasteiger partial charge in [0, 0.05) is 26.2 Å². The second-order valence-corrected chi connectivity index (χ2v) is 5.85. The van der Waals surface area contributed by atoms with Crippen LogP contribution in [0.1, 0.15) is 30.7 Å². The van der Waals surface area contributed by atoms with Gasteiger partial charge in [-0.2, -0.15) is 8.78 Å². The molecule has 0 saturated carbocycles. The third-order valence-electron chi connectivity index (χ3n) is 4.20. The number of anilines is 1. The Morgan fingerprint density at radius 3 is 2.78 bits per heavy atom. The van der Waals surface area contributed by atoms with Gasteiger partial charge in [-0.25, -0.2) is 0 Å². The lowest BCUT2D eigenvalue weighted by Gasteiger charge is -2.36. The van der Waals surface area contributed by atoms with E-state index in [9.17, 15) is 8.78 Å². The fraction of sp³-hybridized carbons (Fsp3) is 0.500. The van der Waals surface area contributed by atoms with E-state index in [4.69, 9.17) is 4.42 Å². The number of rotatable bonds is 5. The van der Waals surface area contributed by atoms with Crippen LogP contribution in [-0.4, -0.2) is 41.3 Å². The molecule has 5 nitrogen and oxygen atoms in total. The molecule has 2 aromatic rings. The number of benzene rings is 1. The maximum Gasteiger partial charge on any atom is 0.318 e. The summed E-state index contributed by atoms with van der Waals surface area (Å²) >= 11 is 0. The molecule has 3 rings (SSSR count). The van der Waals surface area contributed by atoms with Crippen molar-refractivity contribution in [1.29, 1.82) is 0 Å². The molecule has 0 radical (unpaired) electrons. The third kappa shape index (κ3) is 3.85. The van der Waals surface area contributed by atoms with E-state index in [-0.39, 0.29) is 12.1 Å². The molecule has 1 aromatic heterocycles. The Labute approximate surface area is 133 Å². The Morgan fingerprint density at radius 1 is 1.30 bits per heavy atom. The second-order valence-electron chi connectivity index (χ2n) is 5.85. The van der Waals surface area contributed by atoms with E-state index in [1.165, 1.54) is 5.56 Å². The van der Waals surface area contributed by atoms with Crippen LogP contribution in [0, 0.1) is 0 Å². The van der Waals surface area contributed by atoms with Crippen LogP contribution in [0.4, 0.5) is 14.8 Å². The van der Waals surface area contributed by atoms with Gasteiger partial charge in [0.25, 0.3) is 5.89 Å². The van der Waals surface area contributed by atoms with E-state index < -0.39 is 12.3 Å². The highest BCUT2D eigenvalue weighted by Crippen LogP contribution is 2.24. The number of hydrogen-bond donors (Lipinski definition) is 0. The maximum absolute atomic E-state index is 12.6. The first kappa shape index (κ1) is 15.9. The van der Waals surface area contributed by atoms with E-state index in [1.807, 2.05) is 30.1 Å². The van der Waals surface area contributed by atoms with Gasteiger partial charge in [0.1, 0.15) is 0 Å². The zero-order valence-corrected chi connectivity index (χ0v) is 13.0. The van der Waals surface area contributed by atoms with Gasteiger partial charge >= 0.3 is 12.4 Å². The SMILES string of the molecule is CN(c1nnc(C(F)F)o1)C1CCCN(Cc2ccccc2)C1. The van der Waals surface area contributed by atoms with Crippen molar-refractivity contribution in [2.45, 2.75) is 31.9 Å². The van der Waals surface area contributed by atoms with Gasteiger partial charge in [0.2, 0.25) is 0 Å². The Balaban J connectivity index is 1.63. The van der Waals surface area contributed by atoms with Crippen LogP contribution < -0.4 is 4.90 Å². The molecule has 1 saturated heterocycles. The van der Waals surface area contributed by atoms with Gasteiger partial charge < -0.3 is 9.32 Å². The highest BCUT2D eigenvalue weighted by Gasteiger charge is 2.27. The van der Waals surface area contributed by atoms with Crippen molar-refractivity contribution in [3.05, 3.63) is 41.8 Å². The predicted molar refractivity (Wildman–Crippen MR) is 82.4 cm³/mol. The molecule has 1 fully saturated rings. The lowest BCUT2D eigenvalue weighted by molar-refractivity contribution is 0.115. The number of nitrogens with zero attached hydrogens (tertiary/aromatic N) is 4. The average Bonchev–Trinajstić information content (AvgIpc) is 3.06. The van der Waals surface area contributed by atoms with Gasteiger partial charge in [-0.15, -0.1) is 5.10 Å². The van der Waals surface area contributed by atoms with Crippen molar-refractivity contribution < 1.29 is 13.2 Å². The molecule has 1 atom stereocenters. The van der Waals surface area contributed by atoms with E-state index in [1.54, 1.807) is 0 Å². The molecule has 0 amide bonds. The van der Waals surface area contributed by atoms with E-state index >= 15 is 0 Å². The van der Waals surface area contributed by atoms with Crippen molar-refractivity contribution >= 4 is 6.01 Å². The molecular weight excluding hydrogens is 302 g/mol. The quantitative estimate of drug-likeness (QED) is 0.846. The minimum Gasteiger partial charge on any atom is -0.402 e. The Kier molecular flexibility index (Phi) is 4.85. The van der Waals surface area contributed by atoms with Crippen LogP contribution in [-0.2, 0) is 6.54 Å². The molecule has 0 aliphatic carbocycles. The number of likely N-dealkylation sites (N-methyl/N-ethyl adjacent to an activating group) is 1. The topological polar surface area (TPSA) is 45.4 Å². The highest BCUT2D eigenvalue weighted by molar-refractivity contribution is 5.25. The summed E-state index contributed by atoms with van der Waals surface area (Å²) in [5, 5.41) is 7.13. The summed E-state index contributed by atoms with van der Waals surface area (Å²) < 4.78 is 30.2. The van der Waals surface area contributed by atoms with Crippen LogP contribution in [0.15, 0.2) is 34.7 Å². The van der Waals surface area contributed by atoms with Crippen LogP contribution in [0.3, 0.4) is 0 Å². The van der Waals surface area contributed by atoms with E-state index in [0.29, 0.717) is 0 Å². The minimum atomic E-state index is -2.73. The predicted octanol–water partition coefficient (Wildman–Crippen LogP) is 3.11. The van der Waals surface area contributed by atoms with Crippen LogP contribution in [0.2, 0.25) is 0 Å². The van der Waals surface area contributed by atoms with Crippen LogP contribution in [0.5, 0.6) is 0 Å². The Hall–Kier alpha value is -2.02. The minimum absolute atomic E-state index is 0.159. The van der Waals surface area contributed by atoms with Gasteiger partial charge in [-0.05, 0) is 24.9 Å². The summed E-state index contributed by atoms with van der Waals surface area (Å²) in [6.07, 6.45) is -0.697. The third-order valence-corrected chi connectivity index (χ3v) is 4.20. The lowest BCUT2D eigenvalue weighted by Crippen LogP contribution is -2.46. The van der Waals surface area contributed by atoms with Gasteiger partial charge in [-0.3, -0.25) is 4.90 Å². The van der Waals surface area contributed by atoms with Gasteiger partial charge in [-0.1, -0.05) is 35.4 Å². The summed E-state index contributed by atoms with van der Waals surface area (Å²) in [4.78, 5) is 4.18. The molecule has 2 heterocycles. The molecule has 7 heteroatoms. The molecule has 0 bridgehead atoms. The molecule has 23 heavy (non-hydrogen) atoms. The fourth-order valence-electron chi connectivity index (χ4n) is 2.95. The first-order valence-corrected chi connectivity index (χ1v) is 7.74. The number of halogens is 2. The molecule has 124 valence electrons. The number of piperidine rings is 1. The second kappa shape index (κ2) is 7.04. The summed E-state index contributed by atoms with van der Waals surface area (Å²) in [6.45, 7) is 2.76. The molecule has 0 N–H and O–H groups in total. The number of hydrogen-bond acceptors (Lipinski definition) is 5. The number of likely N-dealkylation sites (tertiary alicyclic amines) is 1. The summed E-state index contributed by atoms with van der Waals surface area (Å²) in [5.74, 6) is -0.621. The largest absolute Gasteiger partial charge is 0.402 e. The first-order chi connectivity index (χ1) is 11.1. The van der Waals surface area contributed by atoms with Crippen LogP contribution >= 0.6 is 0 Å². The molecule has 1 aromatic carbocycles. The summed E-state index contributed by atoms with van der Waals surface area (Å²) in [7, 11) is 1.82. The molecular formula is C16H20F2N4O. The highest BCUT2D eigenvalue weighted by atomic mass is 19.3. The lowest BCUT2D eigenvalue weighted by atomic mass is 10.0. The monoisotopic (exact) mass is 322 g/mol. The number of alkyl halides is 2. The fourth-order valence-corrected chi connectivity index (χ4v) is 2.95. The van der Waals surface area contributed by atoms with Crippen molar-refractivity contribution in [3.8, 4) is 0 Å².